The van der Waals surface area contributed by atoms with E-state index in [1.165, 1.54) is 13.0 Å². The lowest BCUT2D eigenvalue weighted by atomic mass is 9.99. The molecule has 1 aliphatic rings. The van der Waals surface area contributed by atoms with Gasteiger partial charge >= 0.3 is 0 Å². The summed E-state index contributed by atoms with van der Waals surface area (Å²) in [6, 6.07) is 0.688. The monoisotopic (exact) mass is 210 g/mol. The van der Waals surface area contributed by atoms with Gasteiger partial charge in [0, 0.05) is 19.1 Å². The standard InChI is InChI=1S/C13H26N2/c1-5-14-10-12(3)13(4)15-8-6-11(2)7-9-15/h6,12-14H,5,7-10H2,1-4H3. The first-order valence-corrected chi connectivity index (χ1v) is 6.25. The minimum absolute atomic E-state index is 0.688. The van der Waals surface area contributed by atoms with Gasteiger partial charge in [0.25, 0.3) is 0 Å². The van der Waals surface area contributed by atoms with E-state index in [9.17, 15) is 0 Å². The van der Waals surface area contributed by atoms with Crippen LogP contribution >= 0.6 is 0 Å². The summed E-state index contributed by atoms with van der Waals surface area (Å²) in [6.07, 6.45) is 3.62. The van der Waals surface area contributed by atoms with Crippen molar-refractivity contribution in [2.24, 2.45) is 5.92 Å². The van der Waals surface area contributed by atoms with Crippen molar-refractivity contribution in [1.82, 2.24) is 10.2 Å². The van der Waals surface area contributed by atoms with Gasteiger partial charge in [0.2, 0.25) is 0 Å². The molecule has 1 rings (SSSR count). The first-order chi connectivity index (χ1) is 7.15. The predicted molar refractivity (Wildman–Crippen MR) is 67.1 cm³/mol. The number of nitrogens with zero attached hydrogens (tertiary/aromatic N) is 1. The molecule has 0 saturated heterocycles. The lowest BCUT2D eigenvalue weighted by molar-refractivity contribution is 0.171. The van der Waals surface area contributed by atoms with Crippen molar-refractivity contribution < 1.29 is 0 Å². The van der Waals surface area contributed by atoms with Crippen LogP contribution in [0, 0.1) is 5.92 Å². The van der Waals surface area contributed by atoms with Crippen LogP contribution in [0.15, 0.2) is 11.6 Å². The number of nitrogens with one attached hydrogen (secondary N) is 1. The average molecular weight is 210 g/mol. The largest absolute Gasteiger partial charge is 0.317 e. The van der Waals surface area contributed by atoms with Crippen LogP contribution in [0.3, 0.4) is 0 Å². The molecule has 0 amide bonds. The van der Waals surface area contributed by atoms with Gasteiger partial charge in [-0.2, -0.15) is 0 Å². The molecule has 2 heteroatoms. The number of hydrogen-bond acceptors (Lipinski definition) is 2. The van der Waals surface area contributed by atoms with Crippen LogP contribution in [0.1, 0.15) is 34.1 Å². The van der Waals surface area contributed by atoms with Crippen LogP contribution in [-0.4, -0.2) is 37.1 Å². The van der Waals surface area contributed by atoms with Crippen molar-refractivity contribution in [3.05, 3.63) is 11.6 Å². The Morgan fingerprint density at radius 2 is 2.20 bits per heavy atom. The van der Waals surface area contributed by atoms with Crippen LogP contribution in [0.25, 0.3) is 0 Å². The zero-order valence-corrected chi connectivity index (χ0v) is 10.7. The van der Waals surface area contributed by atoms with E-state index in [0.717, 1.165) is 25.6 Å². The molecule has 15 heavy (non-hydrogen) atoms. The summed E-state index contributed by atoms with van der Waals surface area (Å²) in [5.74, 6) is 0.733. The van der Waals surface area contributed by atoms with Crippen molar-refractivity contribution in [2.75, 3.05) is 26.2 Å². The summed E-state index contributed by atoms with van der Waals surface area (Å²) in [7, 11) is 0. The van der Waals surface area contributed by atoms with Gasteiger partial charge in [-0.05, 0) is 39.3 Å². The van der Waals surface area contributed by atoms with E-state index in [4.69, 9.17) is 0 Å². The third-order valence-corrected chi connectivity index (χ3v) is 3.58. The maximum Gasteiger partial charge on any atom is 0.0168 e. The smallest absolute Gasteiger partial charge is 0.0168 e. The molecule has 1 heterocycles. The second-order valence-corrected chi connectivity index (χ2v) is 4.82. The molecule has 2 atom stereocenters. The Labute approximate surface area is 94.7 Å². The zero-order valence-electron chi connectivity index (χ0n) is 10.7. The molecule has 0 fully saturated rings. The minimum atomic E-state index is 0.688. The Bertz CT molecular complexity index is 211. The molecule has 0 spiro atoms. The third-order valence-electron chi connectivity index (χ3n) is 3.58. The molecule has 2 unspecified atom stereocenters. The third kappa shape index (κ3) is 3.96. The van der Waals surface area contributed by atoms with Gasteiger partial charge in [-0.15, -0.1) is 0 Å². The van der Waals surface area contributed by atoms with Gasteiger partial charge in [0.1, 0.15) is 0 Å². The van der Waals surface area contributed by atoms with Crippen molar-refractivity contribution in [2.45, 2.75) is 40.2 Å². The molecule has 88 valence electrons. The highest BCUT2D eigenvalue weighted by molar-refractivity contribution is 5.04. The van der Waals surface area contributed by atoms with E-state index in [0.29, 0.717) is 6.04 Å². The minimum Gasteiger partial charge on any atom is -0.317 e. The average Bonchev–Trinajstić information content (AvgIpc) is 2.26. The quantitative estimate of drug-likeness (QED) is 0.700. The Morgan fingerprint density at radius 1 is 1.47 bits per heavy atom. The lowest BCUT2D eigenvalue weighted by Gasteiger charge is -2.35. The van der Waals surface area contributed by atoms with E-state index in [2.05, 4.69) is 44.0 Å². The first kappa shape index (κ1) is 12.7. The van der Waals surface area contributed by atoms with Crippen molar-refractivity contribution >= 4 is 0 Å². The molecule has 1 aliphatic heterocycles. The predicted octanol–water partition coefficient (Wildman–Crippen LogP) is 2.27. The maximum absolute atomic E-state index is 3.43. The Balaban J connectivity index is 2.36. The van der Waals surface area contributed by atoms with E-state index in [1.54, 1.807) is 5.57 Å². The highest BCUT2D eigenvalue weighted by Crippen LogP contribution is 2.16. The van der Waals surface area contributed by atoms with E-state index < -0.39 is 0 Å². The van der Waals surface area contributed by atoms with Crippen LogP contribution < -0.4 is 5.32 Å². The lowest BCUT2D eigenvalue weighted by Crippen LogP contribution is -2.43. The zero-order chi connectivity index (χ0) is 11.3. The molecule has 2 nitrogen and oxygen atoms in total. The van der Waals surface area contributed by atoms with E-state index in [-0.39, 0.29) is 0 Å². The van der Waals surface area contributed by atoms with Crippen molar-refractivity contribution in [3.8, 4) is 0 Å². The summed E-state index contributed by atoms with van der Waals surface area (Å²) in [5, 5.41) is 3.43. The van der Waals surface area contributed by atoms with Gasteiger partial charge in [-0.1, -0.05) is 25.5 Å². The van der Waals surface area contributed by atoms with Crippen LogP contribution in [0.5, 0.6) is 0 Å². The first-order valence-electron chi connectivity index (χ1n) is 6.25. The van der Waals surface area contributed by atoms with Crippen molar-refractivity contribution in [3.63, 3.8) is 0 Å². The summed E-state index contributed by atoms with van der Waals surface area (Å²) in [6.45, 7) is 13.7. The summed E-state index contributed by atoms with van der Waals surface area (Å²) in [4.78, 5) is 2.59. The van der Waals surface area contributed by atoms with Gasteiger partial charge in [0.15, 0.2) is 0 Å². The summed E-state index contributed by atoms with van der Waals surface area (Å²) in [5.41, 5.74) is 1.55. The van der Waals surface area contributed by atoms with Gasteiger partial charge in [0.05, 0.1) is 0 Å². The van der Waals surface area contributed by atoms with E-state index >= 15 is 0 Å². The molecule has 0 aromatic heterocycles. The molecule has 0 aliphatic carbocycles. The van der Waals surface area contributed by atoms with Crippen molar-refractivity contribution in [1.29, 1.82) is 0 Å². The van der Waals surface area contributed by atoms with Gasteiger partial charge in [-0.3, -0.25) is 4.90 Å². The Hall–Kier alpha value is -0.340. The van der Waals surface area contributed by atoms with Gasteiger partial charge in [-0.25, -0.2) is 0 Å². The molecule has 0 bridgehead atoms. The highest BCUT2D eigenvalue weighted by Gasteiger charge is 2.20. The Kier molecular flexibility index (Phi) is 5.34. The van der Waals surface area contributed by atoms with Crippen LogP contribution in [-0.2, 0) is 0 Å². The summed E-state index contributed by atoms with van der Waals surface area (Å²) < 4.78 is 0. The SMILES string of the molecule is CCNCC(C)C(C)N1CC=C(C)CC1. The molecular formula is C13H26N2. The normalized spacial score (nSPS) is 22.3. The fraction of sp³-hybridized carbons (Fsp3) is 0.846. The molecule has 1 N–H and O–H groups in total. The summed E-state index contributed by atoms with van der Waals surface area (Å²) >= 11 is 0. The highest BCUT2D eigenvalue weighted by atomic mass is 15.2. The maximum atomic E-state index is 3.43. The van der Waals surface area contributed by atoms with Gasteiger partial charge < -0.3 is 5.32 Å². The molecule has 0 aromatic carbocycles. The fourth-order valence-electron chi connectivity index (χ4n) is 2.06. The number of hydrogen-bond donors (Lipinski definition) is 1. The molecular weight excluding hydrogens is 184 g/mol. The topological polar surface area (TPSA) is 15.3 Å². The second-order valence-electron chi connectivity index (χ2n) is 4.82. The molecule has 0 radical (unpaired) electrons. The Morgan fingerprint density at radius 3 is 2.73 bits per heavy atom. The van der Waals surface area contributed by atoms with E-state index in [1.807, 2.05) is 0 Å². The number of rotatable bonds is 5. The van der Waals surface area contributed by atoms with Crippen LogP contribution in [0.4, 0.5) is 0 Å². The fourth-order valence-corrected chi connectivity index (χ4v) is 2.06. The second kappa shape index (κ2) is 6.29. The molecule has 0 aromatic rings. The van der Waals surface area contributed by atoms with Crippen LogP contribution in [0.2, 0.25) is 0 Å². The molecule has 0 saturated carbocycles.